The third-order valence-electron chi connectivity index (χ3n) is 4.38. The first-order valence-corrected chi connectivity index (χ1v) is 8.43. The first-order valence-electron chi connectivity index (χ1n) is 8.43. The van der Waals surface area contributed by atoms with Gasteiger partial charge in [0.25, 0.3) is 0 Å². The molecule has 26 heavy (non-hydrogen) atoms. The Balaban J connectivity index is 1.87. The highest BCUT2D eigenvalue weighted by molar-refractivity contribution is 5.80. The number of ether oxygens (including phenoxy) is 1. The molecule has 0 aliphatic heterocycles. The Kier molecular flexibility index (Phi) is 6.38. The summed E-state index contributed by atoms with van der Waals surface area (Å²) in [5.41, 5.74) is 2.55. The number of nitrogens with zero attached hydrogens (tertiary/aromatic N) is 1. The van der Waals surface area contributed by atoms with Crippen molar-refractivity contribution in [2.45, 2.75) is 46.8 Å². The summed E-state index contributed by atoms with van der Waals surface area (Å²) in [6.45, 7) is 7.32. The van der Waals surface area contributed by atoms with Crippen LogP contribution in [0.5, 0.6) is 5.75 Å². The van der Waals surface area contributed by atoms with E-state index in [4.69, 9.17) is 14.4 Å². The fourth-order valence-corrected chi connectivity index (χ4v) is 2.40. The molecule has 0 aliphatic rings. The zero-order valence-electron chi connectivity index (χ0n) is 15.4. The van der Waals surface area contributed by atoms with Gasteiger partial charge in [-0.3, -0.25) is 9.59 Å². The van der Waals surface area contributed by atoms with Gasteiger partial charge in [-0.25, -0.2) is 0 Å². The third-order valence-corrected chi connectivity index (χ3v) is 4.38. The van der Waals surface area contributed by atoms with Crippen LogP contribution in [-0.4, -0.2) is 28.2 Å². The molecule has 2 aromatic rings. The van der Waals surface area contributed by atoms with Crippen LogP contribution in [0.3, 0.4) is 0 Å². The molecule has 2 N–H and O–H groups in total. The molecule has 0 saturated carbocycles. The summed E-state index contributed by atoms with van der Waals surface area (Å²) in [5.74, 6) is -0.367. The standard InChI is InChI=1S/C19H24N2O5/c1-11(19(23)24)12(2)20-18(22)9-15-5-7-16(8-6-15)25-10-17-13(3)21-26-14(17)4/h5-8,11-12H,9-10H2,1-4H3,(H,20,22)(H,23,24). The highest BCUT2D eigenvalue weighted by Crippen LogP contribution is 2.18. The summed E-state index contributed by atoms with van der Waals surface area (Å²) in [6, 6.07) is 6.78. The summed E-state index contributed by atoms with van der Waals surface area (Å²) in [7, 11) is 0. The van der Waals surface area contributed by atoms with Crippen molar-refractivity contribution in [3.05, 3.63) is 46.8 Å². The molecule has 7 nitrogen and oxygen atoms in total. The number of carboxylic acids is 1. The molecule has 2 unspecified atom stereocenters. The fraction of sp³-hybridized carbons (Fsp3) is 0.421. The molecule has 2 rings (SSSR count). The Morgan fingerprint density at radius 3 is 2.42 bits per heavy atom. The van der Waals surface area contributed by atoms with E-state index in [0.29, 0.717) is 12.4 Å². The molecular formula is C19H24N2O5. The maximum atomic E-state index is 12.0. The van der Waals surface area contributed by atoms with Crippen molar-refractivity contribution in [1.82, 2.24) is 10.5 Å². The topological polar surface area (TPSA) is 102 Å². The SMILES string of the molecule is Cc1noc(C)c1COc1ccc(CC(=O)NC(C)C(C)C(=O)O)cc1. The van der Waals surface area contributed by atoms with Crippen molar-refractivity contribution in [2.24, 2.45) is 5.92 Å². The van der Waals surface area contributed by atoms with Crippen molar-refractivity contribution in [3.8, 4) is 5.75 Å². The van der Waals surface area contributed by atoms with Gasteiger partial charge in [-0.05, 0) is 45.4 Å². The lowest BCUT2D eigenvalue weighted by Gasteiger charge is -2.17. The van der Waals surface area contributed by atoms with Crippen LogP contribution in [-0.2, 0) is 22.6 Å². The van der Waals surface area contributed by atoms with Gasteiger partial charge >= 0.3 is 5.97 Å². The number of aromatic nitrogens is 1. The van der Waals surface area contributed by atoms with Crippen molar-refractivity contribution in [1.29, 1.82) is 0 Å². The lowest BCUT2D eigenvalue weighted by atomic mass is 10.0. The van der Waals surface area contributed by atoms with Crippen molar-refractivity contribution >= 4 is 11.9 Å². The zero-order valence-corrected chi connectivity index (χ0v) is 15.4. The van der Waals surface area contributed by atoms with Crippen molar-refractivity contribution in [3.63, 3.8) is 0 Å². The number of rotatable bonds is 8. The lowest BCUT2D eigenvalue weighted by molar-refractivity contribution is -0.142. The number of carboxylic acid groups (broad SMARTS) is 1. The summed E-state index contributed by atoms with van der Waals surface area (Å²) >= 11 is 0. The number of hydrogen-bond donors (Lipinski definition) is 2. The second-order valence-corrected chi connectivity index (χ2v) is 6.40. The molecule has 0 aliphatic carbocycles. The first-order chi connectivity index (χ1) is 12.3. The molecule has 7 heteroatoms. The normalized spacial score (nSPS) is 13.1. The van der Waals surface area contributed by atoms with Gasteiger partial charge in [0.2, 0.25) is 5.91 Å². The predicted molar refractivity (Wildman–Crippen MR) is 94.9 cm³/mol. The Hall–Kier alpha value is -2.83. The van der Waals surface area contributed by atoms with E-state index in [-0.39, 0.29) is 12.3 Å². The number of hydrogen-bond acceptors (Lipinski definition) is 5. The summed E-state index contributed by atoms with van der Waals surface area (Å²) in [5, 5.41) is 15.6. The summed E-state index contributed by atoms with van der Waals surface area (Å²) in [4.78, 5) is 23.0. The van der Waals surface area contributed by atoms with E-state index < -0.39 is 17.9 Å². The monoisotopic (exact) mass is 360 g/mol. The molecule has 140 valence electrons. The van der Waals surface area contributed by atoms with Gasteiger partial charge in [0.1, 0.15) is 18.1 Å². The van der Waals surface area contributed by atoms with Gasteiger partial charge in [0, 0.05) is 6.04 Å². The summed E-state index contributed by atoms with van der Waals surface area (Å²) in [6.07, 6.45) is 0.181. The summed E-state index contributed by atoms with van der Waals surface area (Å²) < 4.78 is 10.8. The van der Waals surface area contributed by atoms with Crippen LogP contribution in [0.15, 0.2) is 28.8 Å². The smallest absolute Gasteiger partial charge is 0.308 e. The predicted octanol–water partition coefficient (Wildman–Crippen LogP) is 2.64. The van der Waals surface area contributed by atoms with Crippen LogP contribution in [0, 0.1) is 19.8 Å². The number of carbonyl (C=O) groups is 2. The van der Waals surface area contributed by atoms with Crippen LogP contribution >= 0.6 is 0 Å². The van der Waals surface area contributed by atoms with E-state index in [1.54, 1.807) is 26.0 Å². The van der Waals surface area contributed by atoms with E-state index in [9.17, 15) is 9.59 Å². The van der Waals surface area contributed by atoms with E-state index in [0.717, 1.165) is 22.6 Å². The van der Waals surface area contributed by atoms with E-state index in [2.05, 4.69) is 10.5 Å². The number of aryl methyl sites for hydroxylation is 2. The number of amides is 1. The van der Waals surface area contributed by atoms with Gasteiger partial charge in [-0.1, -0.05) is 17.3 Å². The van der Waals surface area contributed by atoms with Crippen molar-refractivity contribution < 1.29 is 24.0 Å². The van der Waals surface area contributed by atoms with Crippen LogP contribution in [0.25, 0.3) is 0 Å². The second kappa shape index (κ2) is 8.51. The molecule has 1 aromatic heterocycles. The molecule has 0 spiro atoms. The minimum absolute atomic E-state index is 0.181. The first kappa shape index (κ1) is 19.5. The Bertz CT molecular complexity index is 747. The quantitative estimate of drug-likeness (QED) is 0.750. The minimum Gasteiger partial charge on any atom is -0.489 e. The van der Waals surface area contributed by atoms with E-state index in [1.807, 2.05) is 26.0 Å². The Morgan fingerprint density at radius 2 is 1.88 bits per heavy atom. The van der Waals surface area contributed by atoms with Crippen LogP contribution in [0.1, 0.15) is 36.4 Å². The van der Waals surface area contributed by atoms with E-state index >= 15 is 0 Å². The molecule has 0 bridgehead atoms. The Labute approximate surface area is 152 Å². The molecule has 0 radical (unpaired) electrons. The average Bonchev–Trinajstić information content (AvgIpc) is 2.91. The van der Waals surface area contributed by atoms with Crippen LogP contribution < -0.4 is 10.1 Å². The molecule has 1 heterocycles. The molecule has 1 aromatic carbocycles. The molecular weight excluding hydrogens is 336 g/mol. The molecule has 0 fully saturated rings. The number of nitrogens with one attached hydrogen (secondary N) is 1. The Morgan fingerprint density at radius 1 is 1.23 bits per heavy atom. The largest absolute Gasteiger partial charge is 0.489 e. The fourth-order valence-electron chi connectivity index (χ4n) is 2.40. The molecule has 1 amide bonds. The second-order valence-electron chi connectivity index (χ2n) is 6.40. The molecule has 0 saturated heterocycles. The van der Waals surface area contributed by atoms with E-state index in [1.165, 1.54) is 0 Å². The van der Waals surface area contributed by atoms with Gasteiger partial charge in [-0.15, -0.1) is 0 Å². The van der Waals surface area contributed by atoms with Gasteiger partial charge < -0.3 is 19.7 Å². The minimum atomic E-state index is -0.933. The highest BCUT2D eigenvalue weighted by atomic mass is 16.5. The van der Waals surface area contributed by atoms with Gasteiger partial charge in [-0.2, -0.15) is 0 Å². The lowest BCUT2D eigenvalue weighted by Crippen LogP contribution is -2.40. The number of carbonyl (C=O) groups excluding carboxylic acids is 1. The zero-order chi connectivity index (χ0) is 19.3. The highest BCUT2D eigenvalue weighted by Gasteiger charge is 2.20. The third kappa shape index (κ3) is 5.08. The number of aliphatic carboxylic acids is 1. The average molecular weight is 360 g/mol. The molecule has 2 atom stereocenters. The van der Waals surface area contributed by atoms with Gasteiger partial charge in [0.15, 0.2) is 0 Å². The van der Waals surface area contributed by atoms with Crippen molar-refractivity contribution in [2.75, 3.05) is 0 Å². The van der Waals surface area contributed by atoms with Crippen LogP contribution in [0.2, 0.25) is 0 Å². The maximum Gasteiger partial charge on any atom is 0.308 e. The number of benzene rings is 1. The maximum absolute atomic E-state index is 12.0. The van der Waals surface area contributed by atoms with Gasteiger partial charge in [0.05, 0.1) is 23.6 Å². The van der Waals surface area contributed by atoms with Crippen LogP contribution in [0.4, 0.5) is 0 Å².